The summed E-state index contributed by atoms with van der Waals surface area (Å²) in [7, 11) is 3.26. The Labute approximate surface area is 160 Å². The van der Waals surface area contributed by atoms with Crippen LogP contribution in [0.3, 0.4) is 0 Å². The van der Waals surface area contributed by atoms with Crippen molar-refractivity contribution in [1.29, 1.82) is 0 Å². The van der Waals surface area contributed by atoms with Crippen molar-refractivity contribution in [3.05, 3.63) is 44.2 Å². The van der Waals surface area contributed by atoms with Gasteiger partial charge in [0.2, 0.25) is 0 Å². The molecule has 0 N–H and O–H groups in total. The smallest absolute Gasteiger partial charge is 0.343 e. The fourth-order valence-electron chi connectivity index (χ4n) is 3.08. The highest BCUT2D eigenvalue weighted by atomic mass is 16.5. The molecule has 3 rings (SSSR count). The lowest BCUT2D eigenvalue weighted by Gasteiger charge is -2.09. The van der Waals surface area contributed by atoms with E-state index in [4.69, 9.17) is 9.26 Å². The van der Waals surface area contributed by atoms with Crippen LogP contribution in [-0.4, -0.2) is 36.4 Å². The Bertz CT molecular complexity index is 1150. The molecule has 0 fully saturated rings. The van der Waals surface area contributed by atoms with Crippen molar-refractivity contribution in [2.45, 2.75) is 39.7 Å². The number of fused-ring (bicyclic) bond motifs is 1. The lowest BCUT2D eigenvalue weighted by atomic mass is 10.1. The van der Waals surface area contributed by atoms with Crippen LogP contribution < -0.4 is 11.2 Å². The van der Waals surface area contributed by atoms with E-state index >= 15 is 0 Å². The Morgan fingerprint density at radius 3 is 2.68 bits per heavy atom. The van der Waals surface area contributed by atoms with E-state index in [-0.39, 0.29) is 19.1 Å². The summed E-state index contributed by atoms with van der Waals surface area (Å²) in [5.41, 5.74) is 0.617. The van der Waals surface area contributed by atoms with Gasteiger partial charge in [-0.05, 0) is 13.3 Å². The number of imidazole rings is 1. The maximum absolute atomic E-state index is 12.6. The largest absolute Gasteiger partial charge is 0.462 e. The number of aryl methyl sites for hydroxylation is 3. The van der Waals surface area contributed by atoms with Gasteiger partial charge in [0.05, 0.1) is 18.6 Å². The Kier molecular flexibility index (Phi) is 5.21. The fourth-order valence-corrected chi connectivity index (χ4v) is 3.08. The van der Waals surface area contributed by atoms with Gasteiger partial charge in [0.15, 0.2) is 16.9 Å². The van der Waals surface area contributed by atoms with E-state index in [1.54, 1.807) is 25.6 Å². The third-order valence-corrected chi connectivity index (χ3v) is 4.58. The normalized spacial score (nSPS) is 11.5. The maximum Gasteiger partial charge on any atom is 0.343 e. The first-order chi connectivity index (χ1) is 13.2. The number of aromatic nitrogens is 5. The molecule has 3 aromatic rings. The molecule has 0 amide bonds. The summed E-state index contributed by atoms with van der Waals surface area (Å²) in [5, 5.41) is 3.83. The summed E-state index contributed by atoms with van der Waals surface area (Å²) in [5.74, 6) is -0.0463. The van der Waals surface area contributed by atoms with Gasteiger partial charge in [0, 0.05) is 26.6 Å². The molecule has 0 radical (unpaired) electrons. The van der Waals surface area contributed by atoms with E-state index in [9.17, 15) is 14.4 Å². The number of carbonyl (C=O) groups excluding carboxylic acids is 1. The Balaban J connectivity index is 1.72. The summed E-state index contributed by atoms with van der Waals surface area (Å²) in [4.78, 5) is 41.5. The van der Waals surface area contributed by atoms with E-state index in [1.807, 2.05) is 13.8 Å². The highest BCUT2D eigenvalue weighted by Gasteiger charge is 2.23. The van der Waals surface area contributed by atoms with E-state index in [2.05, 4.69) is 10.1 Å². The van der Waals surface area contributed by atoms with Gasteiger partial charge < -0.3 is 13.8 Å². The van der Waals surface area contributed by atoms with E-state index in [1.165, 1.54) is 10.9 Å². The molecule has 0 aromatic carbocycles. The number of ether oxygens (including phenoxy) is 1. The van der Waals surface area contributed by atoms with E-state index in [0.29, 0.717) is 34.6 Å². The monoisotopic (exact) mass is 389 g/mol. The van der Waals surface area contributed by atoms with Crippen molar-refractivity contribution < 1.29 is 14.1 Å². The van der Waals surface area contributed by atoms with Crippen molar-refractivity contribution in [3.8, 4) is 0 Å². The molecule has 0 saturated carbocycles. The first-order valence-electron chi connectivity index (χ1n) is 8.98. The van der Waals surface area contributed by atoms with Gasteiger partial charge >= 0.3 is 11.7 Å². The molecule has 10 nitrogen and oxygen atoms in total. The molecule has 0 aliphatic rings. The first-order valence-corrected chi connectivity index (χ1v) is 8.98. The van der Waals surface area contributed by atoms with Gasteiger partial charge in [0.1, 0.15) is 5.56 Å². The second-order valence-corrected chi connectivity index (χ2v) is 6.98. The standard InChI is InChI=1S/C18H23N5O5/c1-10(2)14-12(11(3)20-28-14)17(25)27-8-6-7-23-16(24)13-15(19-9-21(13)4)22(5)18(23)26/h9-10H,6-8H2,1-5H3. The molecule has 10 heteroatoms. The zero-order valence-electron chi connectivity index (χ0n) is 16.6. The van der Waals surface area contributed by atoms with E-state index in [0.717, 1.165) is 4.57 Å². The highest BCUT2D eigenvalue weighted by Crippen LogP contribution is 2.22. The zero-order valence-corrected chi connectivity index (χ0v) is 16.6. The molecule has 0 atom stereocenters. The molecule has 150 valence electrons. The van der Waals surface area contributed by atoms with Gasteiger partial charge in [0.25, 0.3) is 5.56 Å². The third-order valence-electron chi connectivity index (χ3n) is 4.58. The van der Waals surface area contributed by atoms with Gasteiger partial charge in [-0.1, -0.05) is 19.0 Å². The predicted octanol–water partition coefficient (Wildman–Crippen LogP) is 1.10. The summed E-state index contributed by atoms with van der Waals surface area (Å²) >= 11 is 0. The van der Waals surface area contributed by atoms with Crippen LogP contribution in [0.1, 0.15) is 48.0 Å². The molecule has 0 unspecified atom stereocenters. The minimum absolute atomic E-state index is 0.00373. The molecule has 0 aliphatic heterocycles. The molecular weight excluding hydrogens is 366 g/mol. The van der Waals surface area contributed by atoms with Crippen LogP contribution in [0.25, 0.3) is 11.2 Å². The quantitative estimate of drug-likeness (QED) is 0.458. The molecule has 0 saturated heterocycles. The van der Waals surface area contributed by atoms with Crippen molar-refractivity contribution >= 4 is 17.1 Å². The number of hydrogen-bond donors (Lipinski definition) is 0. The minimum Gasteiger partial charge on any atom is -0.462 e. The second-order valence-electron chi connectivity index (χ2n) is 6.98. The van der Waals surface area contributed by atoms with Crippen LogP contribution in [0, 0.1) is 6.92 Å². The molecule has 0 spiro atoms. The maximum atomic E-state index is 12.6. The van der Waals surface area contributed by atoms with Crippen LogP contribution in [0.15, 0.2) is 20.4 Å². The lowest BCUT2D eigenvalue weighted by molar-refractivity contribution is 0.0491. The number of rotatable bonds is 6. The van der Waals surface area contributed by atoms with Crippen LogP contribution in [0.2, 0.25) is 0 Å². The molecule has 0 aliphatic carbocycles. The van der Waals surface area contributed by atoms with Crippen LogP contribution in [-0.2, 0) is 25.4 Å². The summed E-state index contributed by atoms with van der Waals surface area (Å²) < 4.78 is 14.5. The highest BCUT2D eigenvalue weighted by molar-refractivity contribution is 5.91. The molecule has 28 heavy (non-hydrogen) atoms. The zero-order chi connectivity index (χ0) is 20.6. The van der Waals surface area contributed by atoms with Gasteiger partial charge in [-0.2, -0.15) is 0 Å². The van der Waals surface area contributed by atoms with Gasteiger partial charge in [-0.3, -0.25) is 13.9 Å². The fraction of sp³-hybridized carbons (Fsp3) is 0.500. The Morgan fingerprint density at radius 1 is 1.29 bits per heavy atom. The molecule has 3 heterocycles. The van der Waals surface area contributed by atoms with Crippen molar-refractivity contribution in [3.63, 3.8) is 0 Å². The van der Waals surface area contributed by atoms with Crippen LogP contribution >= 0.6 is 0 Å². The van der Waals surface area contributed by atoms with E-state index < -0.39 is 17.2 Å². The average molecular weight is 389 g/mol. The molecule has 3 aromatic heterocycles. The number of hydrogen-bond acceptors (Lipinski definition) is 7. The predicted molar refractivity (Wildman–Crippen MR) is 100 cm³/mol. The number of carbonyl (C=O) groups is 1. The number of nitrogens with zero attached hydrogens (tertiary/aromatic N) is 5. The lowest BCUT2D eigenvalue weighted by Crippen LogP contribution is -2.39. The van der Waals surface area contributed by atoms with Crippen LogP contribution in [0.5, 0.6) is 0 Å². The Morgan fingerprint density at radius 2 is 2.00 bits per heavy atom. The summed E-state index contributed by atoms with van der Waals surface area (Å²) in [6, 6.07) is 0. The molecular formula is C18H23N5O5. The van der Waals surface area contributed by atoms with Gasteiger partial charge in [-0.15, -0.1) is 0 Å². The van der Waals surface area contributed by atoms with Crippen LogP contribution in [0.4, 0.5) is 0 Å². The Hall–Kier alpha value is -3.17. The second kappa shape index (κ2) is 7.45. The third kappa shape index (κ3) is 3.25. The first kappa shape index (κ1) is 19.6. The summed E-state index contributed by atoms with van der Waals surface area (Å²) in [6.45, 7) is 5.65. The van der Waals surface area contributed by atoms with Gasteiger partial charge in [-0.25, -0.2) is 14.6 Å². The average Bonchev–Trinajstić information content (AvgIpc) is 3.22. The number of esters is 1. The summed E-state index contributed by atoms with van der Waals surface area (Å²) in [6.07, 6.45) is 1.80. The minimum atomic E-state index is -0.523. The van der Waals surface area contributed by atoms with Crippen molar-refractivity contribution in [2.24, 2.45) is 14.1 Å². The van der Waals surface area contributed by atoms with Crippen molar-refractivity contribution in [1.82, 2.24) is 23.8 Å². The topological polar surface area (TPSA) is 114 Å². The SMILES string of the molecule is Cc1noc(C(C)C)c1C(=O)OCCCn1c(=O)c2c(ncn2C)n(C)c1=O. The molecule has 0 bridgehead atoms. The van der Waals surface area contributed by atoms with Crippen molar-refractivity contribution in [2.75, 3.05) is 6.61 Å².